The van der Waals surface area contributed by atoms with Gasteiger partial charge in [0.1, 0.15) is 5.82 Å². The minimum atomic E-state index is -5.36. The average Bonchev–Trinajstić information content (AvgIpc) is 3.26. The number of amides is 1. The lowest BCUT2D eigenvalue weighted by atomic mass is 9.70. The molecule has 2 aromatic rings. The van der Waals surface area contributed by atoms with E-state index in [0.717, 1.165) is 35.6 Å². The molecule has 0 saturated heterocycles. The molecule has 2 heterocycles. The van der Waals surface area contributed by atoms with Gasteiger partial charge >= 0.3 is 6.18 Å². The number of carbonyl (C=O) groups excluding carboxylic acids is 2. The number of nitrogens with one attached hydrogen (secondary N) is 1. The molecule has 3 rings (SSSR count). The number of allylic oxidation sites excluding steroid dienone is 1. The summed E-state index contributed by atoms with van der Waals surface area (Å²) in [4.78, 5) is 24.4. The van der Waals surface area contributed by atoms with Gasteiger partial charge in [-0.15, -0.1) is 11.3 Å². The number of carbonyl (C=O) groups is 2. The van der Waals surface area contributed by atoms with Crippen LogP contribution in [0.15, 0.2) is 52.4 Å². The number of thioether (sulfide) groups is 1. The van der Waals surface area contributed by atoms with Crippen LogP contribution in [0.1, 0.15) is 21.2 Å². The molecule has 1 amide bonds. The van der Waals surface area contributed by atoms with Gasteiger partial charge in [-0.1, -0.05) is 30.0 Å². The van der Waals surface area contributed by atoms with Gasteiger partial charge in [-0.2, -0.15) is 18.4 Å². The van der Waals surface area contributed by atoms with E-state index in [2.05, 4.69) is 0 Å². The average molecular weight is 485 g/mol. The molecule has 0 spiro atoms. The highest BCUT2D eigenvalue weighted by atomic mass is 32.2. The van der Waals surface area contributed by atoms with Crippen LogP contribution >= 0.6 is 23.1 Å². The van der Waals surface area contributed by atoms with E-state index in [0.29, 0.717) is 11.8 Å². The van der Waals surface area contributed by atoms with Crippen LogP contribution < -0.4 is 11.1 Å². The first-order valence-corrected chi connectivity index (χ1v) is 10.8. The summed E-state index contributed by atoms with van der Waals surface area (Å²) in [6.45, 7) is 0. The van der Waals surface area contributed by atoms with Crippen molar-refractivity contribution in [1.82, 2.24) is 5.32 Å². The van der Waals surface area contributed by atoms with Crippen LogP contribution in [0.4, 0.5) is 17.6 Å². The largest absolute Gasteiger partial charge is 0.437 e. The molecule has 0 unspecified atom stereocenters. The summed E-state index contributed by atoms with van der Waals surface area (Å²) in [6, 6.07) is 8.78. The number of nitriles is 1. The first-order chi connectivity index (χ1) is 15.0. The molecule has 3 atom stereocenters. The van der Waals surface area contributed by atoms with E-state index in [9.17, 15) is 37.5 Å². The summed E-state index contributed by atoms with van der Waals surface area (Å²) in [7, 11) is 0. The molecule has 1 aliphatic heterocycles. The van der Waals surface area contributed by atoms with Crippen molar-refractivity contribution in [2.45, 2.75) is 17.8 Å². The fraction of sp³-hybridized carbons (Fsp3) is 0.250. The lowest BCUT2D eigenvalue weighted by Gasteiger charge is -2.45. The Labute approximate surface area is 187 Å². The Balaban J connectivity index is 2.29. The van der Waals surface area contributed by atoms with Gasteiger partial charge in [0.2, 0.25) is 11.6 Å². The van der Waals surface area contributed by atoms with Gasteiger partial charge in [0, 0.05) is 5.92 Å². The van der Waals surface area contributed by atoms with Gasteiger partial charge in [0.15, 0.2) is 5.78 Å². The first kappa shape index (κ1) is 23.8. The third-order valence-corrected chi connectivity index (χ3v) is 6.75. The maximum Gasteiger partial charge on any atom is 0.437 e. The minimum absolute atomic E-state index is 0.0132. The van der Waals surface area contributed by atoms with Crippen molar-refractivity contribution in [3.05, 3.63) is 68.6 Å². The van der Waals surface area contributed by atoms with Gasteiger partial charge in [-0.05, 0) is 29.1 Å². The zero-order valence-electron chi connectivity index (χ0n) is 16.0. The molecular formula is C20H15F4N3O3S2. The number of aliphatic hydroxyl groups is 1. The number of nitrogens with two attached hydrogens (primary N) is 1. The van der Waals surface area contributed by atoms with Crippen molar-refractivity contribution >= 4 is 34.8 Å². The van der Waals surface area contributed by atoms with Crippen molar-refractivity contribution in [3.8, 4) is 6.07 Å². The van der Waals surface area contributed by atoms with Crippen LogP contribution in [0, 0.1) is 23.1 Å². The third-order valence-electron chi connectivity index (χ3n) is 4.83. The molecule has 1 aromatic heterocycles. The number of hydrogen-bond donors (Lipinski definition) is 3. The number of nitrogens with zero attached hydrogens (tertiary/aromatic N) is 1. The van der Waals surface area contributed by atoms with Crippen LogP contribution in [-0.4, -0.2) is 34.5 Å². The van der Waals surface area contributed by atoms with E-state index in [4.69, 9.17) is 5.73 Å². The standard InChI is InChI=1S/C20H15F4N3O3S2/c21-11-5-3-10(4-6-11)15-12(8-25)18(32-9-14(26)28)27-19(30,20(22,23)24)16(15)17(29)13-2-1-7-31-13/h1-7,15-16,27,30H,9H2,(H2,26,28)/t15-,16+,19+/m0/s1. The smallest absolute Gasteiger partial charge is 0.369 e. The highest BCUT2D eigenvalue weighted by Gasteiger charge is 2.66. The maximum atomic E-state index is 14.2. The van der Waals surface area contributed by atoms with Crippen LogP contribution in [0.2, 0.25) is 0 Å². The second kappa shape index (κ2) is 8.93. The van der Waals surface area contributed by atoms with E-state index in [-0.39, 0.29) is 16.0 Å². The number of rotatable bonds is 6. The molecule has 4 N–H and O–H groups in total. The fourth-order valence-corrected chi connectivity index (χ4v) is 4.98. The molecule has 12 heteroatoms. The minimum Gasteiger partial charge on any atom is -0.369 e. The van der Waals surface area contributed by atoms with E-state index in [1.165, 1.54) is 17.5 Å². The quantitative estimate of drug-likeness (QED) is 0.427. The topological polar surface area (TPSA) is 116 Å². The Bertz CT molecular complexity index is 1090. The fourth-order valence-electron chi connectivity index (χ4n) is 3.43. The monoisotopic (exact) mass is 485 g/mol. The second-order valence-electron chi connectivity index (χ2n) is 6.85. The molecule has 0 saturated carbocycles. The van der Waals surface area contributed by atoms with Crippen LogP contribution in [0.5, 0.6) is 0 Å². The molecular weight excluding hydrogens is 470 g/mol. The van der Waals surface area contributed by atoms with E-state index in [1.807, 2.05) is 5.32 Å². The van der Waals surface area contributed by atoms with Crippen LogP contribution in [0.25, 0.3) is 0 Å². The lowest BCUT2D eigenvalue weighted by Crippen LogP contribution is -2.66. The summed E-state index contributed by atoms with van der Waals surface area (Å²) in [5.41, 5.74) is 0.995. The van der Waals surface area contributed by atoms with Crippen molar-refractivity contribution in [1.29, 1.82) is 5.26 Å². The molecule has 1 aliphatic rings. The number of halogens is 4. The normalized spacial score (nSPS) is 23.4. The van der Waals surface area contributed by atoms with Crippen molar-refractivity contribution in [2.75, 3.05) is 5.75 Å². The number of primary amides is 1. The molecule has 168 valence electrons. The summed E-state index contributed by atoms with van der Waals surface area (Å²) < 4.78 is 56.1. The number of thiophene rings is 1. The number of ketones is 1. The van der Waals surface area contributed by atoms with E-state index >= 15 is 0 Å². The van der Waals surface area contributed by atoms with Gasteiger partial charge in [0.25, 0.3) is 0 Å². The van der Waals surface area contributed by atoms with Crippen LogP contribution in [0.3, 0.4) is 0 Å². The van der Waals surface area contributed by atoms with Crippen molar-refractivity contribution in [3.63, 3.8) is 0 Å². The van der Waals surface area contributed by atoms with E-state index in [1.54, 1.807) is 6.07 Å². The molecule has 0 fully saturated rings. The number of alkyl halides is 3. The number of hydrogen-bond acceptors (Lipinski definition) is 7. The van der Waals surface area contributed by atoms with Gasteiger partial charge in [0.05, 0.1) is 33.2 Å². The predicted molar refractivity (Wildman–Crippen MR) is 110 cm³/mol. The Kier molecular flexibility index (Phi) is 6.64. The Morgan fingerprint density at radius 3 is 2.44 bits per heavy atom. The highest BCUT2D eigenvalue weighted by molar-refractivity contribution is 8.03. The highest BCUT2D eigenvalue weighted by Crippen LogP contribution is 2.51. The maximum absolute atomic E-state index is 14.2. The summed E-state index contributed by atoms with van der Waals surface area (Å²) >= 11 is 1.38. The first-order valence-electron chi connectivity index (χ1n) is 8.95. The molecule has 6 nitrogen and oxygen atoms in total. The SMILES string of the molecule is N#CC1=C(SCC(N)=O)N[C@](O)(C(F)(F)F)[C@@H](C(=O)c2cccs2)[C@H]1c1ccc(F)cc1. The number of Topliss-reactive ketones (excluding diaryl/α,β-unsaturated/α-hetero) is 1. The Hall–Kier alpha value is -2.88. The Morgan fingerprint density at radius 1 is 1.28 bits per heavy atom. The van der Waals surface area contributed by atoms with E-state index < -0.39 is 52.0 Å². The third kappa shape index (κ3) is 4.36. The van der Waals surface area contributed by atoms with Crippen LogP contribution in [-0.2, 0) is 4.79 Å². The van der Waals surface area contributed by atoms with Gasteiger partial charge < -0.3 is 16.2 Å². The van der Waals surface area contributed by atoms with Gasteiger partial charge in [-0.25, -0.2) is 4.39 Å². The predicted octanol–water partition coefficient (Wildman–Crippen LogP) is 3.28. The molecule has 0 radical (unpaired) electrons. The summed E-state index contributed by atoms with van der Waals surface area (Å²) in [5.74, 6) is -6.87. The lowest BCUT2D eigenvalue weighted by molar-refractivity contribution is -0.285. The molecule has 32 heavy (non-hydrogen) atoms. The second-order valence-corrected chi connectivity index (χ2v) is 8.78. The molecule has 0 bridgehead atoms. The zero-order valence-corrected chi connectivity index (χ0v) is 17.7. The van der Waals surface area contributed by atoms with Gasteiger partial charge in [-0.3, -0.25) is 9.59 Å². The summed E-state index contributed by atoms with van der Waals surface area (Å²) in [6.07, 6.45) is -5.36. The molecule has 0 aliphatic carbocycles. The molecule has 1 aromatic carbocycles. The Morgan fingerprint density at radius 2 is 1.94 bits per heavy atom. The van der Waals surface area contributed by atoms with Crippen molar-refractivity contribution < 1.29 is 32.3 Å². The number of benzene rings is 1. The zero-order chi connectivity index (χ0) is 23.7. The van der Waals surface area contributed by atoms with Crippen molar-refractivity contribution in [2.24, 2.45) is 11.7 Å². The summed E-state index contributed by atoms with van der Waals surface area (Å²) in [5, 5.41) is 23.6.